The van der Waals surface area contributed by atoms with Gasteiger partial charge in [-0.3, -0.25) is 4.79 Å². The molecule has 17 heavy (non-hydrogen) atoms. The Hall–Kier alpha value is -1.71. The molecule has 1 atom stereocenters. The topological polar surface area (TPSA) is 41.6 Å². The van der Waals surface area contributed by atoms with E-state index in [1.165, 1.54) is 7.11 Å². The summed E-state index contributed by atoms with van der Waals surface area (Å²) in [5.74, 6) is -0.343. The molecule has 1 aromatic carbocycles. The Labute approximate surface area is 103 Å². The molecule has 0 radical (unpaired) electrons. The highest BCUT2D eigenvalue weighted by Gasteiger charge is 2.12. The first-order valence-electron chi connectivity index (χ1n) is 5.63. The lowest BCUT2D eigenvalue weighted by atomic mass is 10.2. The van der Waals surface area contributed by atoms with Crippen molar-refractivity contribution in [3.63, 3.8) is 0 Å². The zero-order valence-corrected chi connectivity index (χ0v) is 10.9. The molecule has 0 amide bonds. The minimum atomic E-state index is -0.193. The summed E-state index contributed by atoms with van der Waals surface area (Å²) in [7, 11) is 5.40. The summed E-state index contributed by atoms with van der Waals surface area (Å²) >= 11 is 0. The number of anilines is 2. The van der Waals surface area contributed by atoms with Crippen molar-refractivity contribution >= 4 is 17.3 Å². The zero-order chi connectivity index (χ0) is 12.8. The van der Waals surface area contributed by atoms with E-state index in [2.05, 4.69) is 10.1 Å². The van der Waals surface area contributed by atoms with Gasteiger partial charge in [-0.05, 0) is 18.2 Å². The van der Waals surface area contributed by atoms with Gasteiger partial charge in [0.05, 0.1) is 13.0 Å². The normalized spacial score (nSPS) is 11.8. The van der Waals surface area contributed by atoms with Gasteiger partial charge in [0.1, 0.15) is 0 Å². The molecule has 0 aliphatic heterocycles. The number of nitrogens with one attached hydrogen (secondary N) is 1. The fourth-order valence-corrected chi connectivity index (χ4v) is 1.45. The maximum atomic E-state index is 11.2. The lowest BCUT2D eigenvalue weighted by Gasteiger charge is -2.15. The highest BCUT2D eigenvalue weighted by Crippen LogP contribution is 2.17. The molecule has 1 rings (SSSR count). The monoisotopic (exact) mass is 236 g/mol. The van der Waals surface area contributed by atoms with Crippen molar-refractivity contribution in [3.05, 3.63) is 24.3 Å². The number of hydrogen-bond acceptors (Lipinski definition) is 4. The van der Waals surface area contributed by atoms with E-state index in [9.17, 15) is 4.79 Å². The van der Waals surface area contributed by atoms with Crippen LogP contribution in [0.3, 0.4) is 0 Å². The van der Waals surface area contributed by atoms with Gasteiger partial charge in [-0.1, -0.05) is 13.0 Å². The Balaban J connectivity index is 2.57. The molecule has 4 heteroatoms. The first-order valence-corrected chi connectivity index (χ1v) is 5.63. The van der Waals surface area contributed by atoms with Gasteiger partial charge >= 0.3 is 5.97 Å². The lowest BCUT2D eigenvalue weighted by Crippen LogP contribution is -2.21. The average molecular weight is 236 g/mol. The summed E-state index contributed by atoms with van der Waals surface area (Å²) in [6.45, 7) is 2.41. The molecule has 1 aromatic rings. The van der Waals surface area contributed by atoms with E-state index < -0.39 is 0 Å². The van der Waals surface area contributed by atoms with Crippen LogP contribution in [0, 0.1) is 5.92 Å². The van der Waals surface area contributed by atoms with Crippen LogP contribution in [0.25, 0.3) is 0 Å². The number of carbonyl (C=O) groups is 1. The van der Waals surface area contributed by atoms with E-state index in [0.717, 1.165) is 11.4 Å². The van der Waals surface area contributed by atoms with Crippen LogP contribution in [0.1, 0.15) is 6.92 Å². The summed E-state index contributed by atoms with van der Waals surface area (Å²) in [5, 5.41) is 3.23. The number of carbonyl (C=O) groups excluding carboxylic acids is 1. The third-order valence-electron chi connectivity index (χ3n) is 2.58. The number of rotatable bonds is 5. The largest absolute Gasteiger partial charge is 0.469 e. The Kier molecular flexibility index (Phi) is 4.82. The lowest BCUT2D eigenvalue weighted by molar-refractivity contribution is -0.144. The van der Waals surface area contributed by atoms with Gasteiger partial charge in [0.2, 0.25) is 0 Å². The predicted molar refractivity (Wildman–Crippen MR) is 70.4 cm³/mol. The smallest absolute Gasteiger partial charge is 0.310 e. The van der Waals surface area contributed by atoms with E-state index in [4.69, 9.17) is 0 Å². The SMILES string of the molecule is COC(=O)C(C)CNc1cccc(N(C)C)c1. The summed E-state index contributed by atoms with van der Waals surface area (Å²) in [6, 6.07) is 8.05. The summed E-state index contributed by atoms with van der Waals surface area (Å²) in [4.78, 5) is 13.3. The van der Waals surface area contributed by atoms with Crippen LogP contribution >= 0.6 is 0 Å². The summed E-state index contributed by atoms with van der Waals surface area (Å²) < 4.78 is 4.68. The van der Waals surface area contributed by atoms with Gasteiger partial charge in [0, 0.05) is 32.0 Å². The fraction of sp³-hybridized carbons (Fsp3) is 0.462. The molecular formula is C13H20N2O2. The molecule has 0 saturated heterocycles. The minimum Gasteiger partial charge on any atom is -0.469 e. The number of benzene rings is 1. The van der Waals surface area contributed by atoms with Crippen molar-refractivity contribution < 1.29 is 9.53 Å². The Bertz CT molecular complexity index is 377. The third-order valence-corrected chi connectivity index (χ3v) is 2.58. The molecule has 0 bridgehead atoms. The standard InChI is InChI=1S/C13H20N2O2/c1-10(13(16)17-4)9-14-11-6-5-7-12(8-11)15(2)3/h5-8,10,14H,9H2,1-4H3. The van der Waals surface area contributed by atoms with Crippen molar-refractivity contribution in [2.75, 3.05) is 38.0 Å². The van der Waals surface area contributed by atoms with Gasteiger partial charge in [-0.15, -0.1) is 0 Å². The van der Waals surface area contributed by atoms with Crippen LogP contribution in [-0.2, 0) is 9.53 Å². The van der Waals surface area contributed by atoms with Crippen LogP contribution in [-0.4, -0.2) is 33.7 Å². The van der Waals surface area contributed by atoms with Crippen LogP contribution < -0.4 is 10.2 Å². The summed E-state index contributed by atoms with van der Waals surface area (Å²) in [6.07, 6.45) is 0. The number of hydrogen-bond donors (Lipinski definition) is 1. The van der Waals surface area contributed by atoms with Gasteiger partial charge in [-0.2, -0.15) is 0 Å². The van der Waals surface area contributed by atoms with Crippen molar-refractivity contribution in [2.45, 2.75) is 6.92 Å². The molecule has 0 aliphatic rings. The summed E-state index contributed by atoms with van der Waals surface area (Å²) in [5.41, 5.74) is 2.13. The van der Waals surface area contributed by atoms with Crippen LogP contribution in [0.2, 0.25) is 0 Å². The first-order chi connectivity index (χ1) is 8.04. The van der Waals surface area contributed by atoms with E-state index in [1.807, 2.05) is 50.2 Å². The van der Waals surface area contributed by atoms with Crippen LogP contribution in [0.4, 0.5) is 11.4 Å². The minimum absolute atomic E-state index is 0.150. The molecule has 0 spiro atoms. The maximum Gasteiger partial charge on any atom is 0.310 e. The number of esters is 1. The van der Waals surface area contributed by atoms with Gasteiger partial charge < -0.3 is 15.0 Å². The molecule has 1 N–H and O–H groups in total. The Morgan fingerprint density at radius 2 is 2.18 bits per heavy atom. The zero-order valence-electron chi connectivity index (χ0n) is 10.9. The van der Waals surface area contributed by atoms with Gasteiger partial charge in [0.25, 0.3) is 0 Å². The quantitative estimate of drug-likeness (QED) is 0.794. The first kappa shape index (κ1) is 13.4. The number of ether oxygens (including phenoxy) is 1. The molecule has 0 aliphatic carbocycles. The van der Waals surface area contributed by atoms with Crippen molar-refractivity contribution in [3.8, 4) is 0 Å². The molecule has 0 fully saturated rings. The molecule has 0 saturated carbocycles. The van der Waals surface area contributed by atoms with Crippen molar-refractivity contribution in [1.82, 2.24) is 0 Å². The molecular weight excluding hydrogens is 216 g/mol. The fourth-order valence-electron chi connectivity index (χ4n) is 1.45. The van der Waals surface area contributed by atoms with Crippen molar-refractivity contribution in [1.29, 1.82) is 0 Å². The molecule has 4 nitrogen and oxygen atoms in total. The number of nitrogens with zero attached hydrogens (tertiary/aromatic N) is 1. The average Bonchev–Trinajstić information content (AvgIpc) is 2.35. The van der Waals surface area contributed by atoms with Gasteiger partial charge in [-0.25, -0.2) is 0 Å². The Morgan fingerprint density at radius 1 is 1.47 bits per heavy atom. The maximum absolute atomic E-state index is 11.2. The number of methoxy groups -OCH3 is 1. The van der Waals surface area contributed by atoms with E-state index in [0.29, 0.717) is 6.54 Å². The second-order valence-electron chi connectivity index (χ2n) is 4.25. The second kappa shape index (κ2) is 6.13. The second-order valence-corrected chi connectivity index (χ2v) is 4.25. The molecule has 94 valence electrons. The van der Waals surface area contributed by atoms with E-state index in [1.54, 1.807) is 0 Å². The van der Waals surface area contributed by atoms with Crippen LogP contribution in [0.15, 0.2) is 24.3 Å². The van der Waals surface area contributed by atoms with Crippen LogP contribution in [0.5, 0.6) is 0 Å². The van der Waals surface area contributed by atoms with Crippen molar-refractivity contribution in [2.24, 2.45) is 5.92 Å². The third kappa shape index (κ3) is 3.98. The molecule has 1 unspecified atom stereocenters. The van der Waals surface area contributed by atoms with E-state index in [-0.39, 0.29) is 11.9 Å². The predicted octanol–water partition coefficient (Wildman–Crippen LogP) is 1.97. The highest BCUT2D eigenvalue weighted by molar-refractivity contribution is 5.72. The Morgan fingerprint density at radius 3 is 2.76 bits per heavy atom. The highest BCUT2D eigenvalue weighted by atomic mass is 16.5. The van der Waals surface area contributed by atoms with E-state index >= 15 is 0 Å². The molecule has 0 aromatic heterocycles. The van der Waals surface area contributed by atoms with Gasteiger partial charge in [0.15, 0.2) is 0 Å². The molecule has 0 heterocycles.